The van der Waals surface area contributed by atoms with Crippen LogP contribution in [0.4, 0.5) is 10.1 Å². The van der Waals surface area contributed by atoms with Gasteiger partial charge in [-0.1, -0.05) is 0 Å². The molecule has 0 bridgehead atoms. The SMILES string of the molecule is CC(C)(C)N1CC2(CCNCC2)c2cc(F)ccc21. The maximum atomic E-state index is 13.7. The molecule has 0 amide bonds. The van der Waals surface area contributed by atoms with E-state index in [-0.39, 0.29) is 16.8 Å². The van der Waals surface area contributed by atoms with E-state index >= 15 is 0 Å². The molecule has 2 aliphatic rings. The third-order valence-corrected chi connectivity index (χ3v) is 4.65. The van der Waals surface area contributed by atoms with Gasteiger partial charge in [-0.2, -0.15) is 0 Å². The van der Waals surface area contributed by atoms with Crippen LogP contribution in [0.1, 0.15) is 39.2 Å². The van der Waals surface area contributed by atoms with Crippen LogP contribution in [0.5, 0.6) is 0 Å². The van der Waals surface area contributed by atoms with Crippen LogP contribution in [0.2, 0.25) is 0 Å². The maximum Gasteiger partial charge on any atom is 0.123 e. The van der Waals surface area contributed by atoms with Crippen molar-refractivity contribution >= 4 is 5.69 Å². The summed E-state index contributed by atoms with van der Waals surface area (Å²) in [6.45, 7) is 9.81. The summed E-state index contributed by atoms with van der Waals surface area (Å²) in [4.78, 5) is 2.45. The smallest absolute Gasteiger partial charge is 0.123 e. The van der Waals surface area contributed by atoms with Crippen molar-refractivity contribution in [3.8, 4) is 0 Å². The topological polar surface area (TPSA) is 15.3 Å². The van der Waals surface area contributed by atoms with Gasteiger partial charge in [0.05, 0.1) is 0 Å². The largest absolute Gasteiger partial charge is 0.366 e. The highest BCUT2D eigenvalue weighted by molar-refractivity contribution is 5.64. The monoisotopic (exact) mass is 262 g/mol. The van der Waals surface area contributed by atoms with Crippen molar-refractivity contribution in [2.75, 3.05) is 24.5 Å². The Kier molecular flexibility index (Phi) is 2.86. The molecule has 0 unspecified atom stereocenters. The first-order valence-corrected chi connectivity index (χ1v) is 7.21. The maximum absolute atomic E-state index is 13.7. The fourth-order valence-electron chi connectivity index (χ4n) is 3.57. The number of halogens is 1. The van der Waals surface area contributed by atoms with Gasteiger partial charge in [-0.05, 0) is 70.5 Å². The molecule has 1 aromatic rings. The molecule has 3 heteroatoms. The van der Waals surface area contributed by atoms with Crippen molar-refractivity contribution in [2.45, 2.75) is 44.6 Å². The summed E-state index contributed by atoms with van der Waals surface area (Å²) in [6, 6.07) is 5.33. The normalized spacial score (nSPS) is 21.8. The molecule has 0 radical (unpaired) electrons. The van der Waals surface area contributed by atoms with Crippen LogP contribution in [-0.2, 0) is 5.41 Å². The van der Waals surface area contributed by atoms with Crippen molar-refractivity contribution in [3.05, 3.63) is 29.6 Å². The number of nitrogens with zero attached hydrogens (tertiary/aromatic N) is 1. The van der Waals surface area contributed by atoms with Crippen molar-refractivity contribution in [1.29, 1.82) is 0 Å². The first-order valence-electron chi connectivity index (χ1n) is 7.21. The average Bonchev–Trinajstić information content (AvgIpc) is 2.65. The summed E-state index contributed by atoms with van der Waals surface area (Å²) in [7, 11) is 0. The summed E-state index contributed by atoms with van der Waals surface area (Å²) in [5, 5.41) is 3.42. The lowest BCUT2D eigenvalue weighted by molar-refractivity contribution is 0.312. The zero-order valence-corrected chi connectivity index (χ0v) is 12.1. The molecule has 0 aliphatic carbocycles. The molecule has 104 valence electrons. The standard InChI is InChI=1S/C16H23FN2/c1-15(2,3)19-11-16(6-8-18-9-7-16)13-10-12(17)4-5-14(13)19/h4-5,10,18H,6-9,11H2,1-3H3. The molecule has 0 aromatic heterocycles. The minimum atomic E-state index is -0.104. The minimum Gasteiger partial charge on any atom is -0.366 e. The van der Waals surface area contributed by atoms with E-state index in [1.165, 1.54) is 11.3 Å². The molecule has 1 N–H and O–H groups in total. The number of nitrogens with one attached hydrogen (secondary N) is 1. The summed E-state index contributed by atoms with van der Waals surface area (Å²) < 4.78 is 13.7. The molecule has 3 rings (SSSR count). The van der Waals surface area contributed by atoms with Crippen LogP contribution in [0.25, 0.3) is 0 Å². The number of anilines is 1. The highest BCUT2D eigenvalue weighted by Gasteiger charge is 2.46. The second-order valence-electron chi connectivity index (χ2n) is 6.95. The van der Waals surface area contributed by atoms with Crippen molar-refractivity contribution in [2.24, 2.45) is 0 Å². The van der Waals surface area contributed by atoms with Crippen molar-refractivity contribution in [1.82, 2.24) is 5.32 Å². The highest BCUT2D eigenvalue weighted by atomic mass is 19.1. The van der Waals surface area contributed by atoms with Gasteiger partial charge >= 0.3 is 0 Å². The van der Waals surface area contributed by atoms with Crippen LogP contribution >= 0.6 is 0 Å². The van der Waals surface area contributed by atoms with Crippen molar-refractivity contribution in [3.63, 3.8) is 0 Å². The van der Waals surface area contributed by atoms with E-state index in [4.69, 9.17) is 0 Å². The second kappa shape index (κ2) is 4.20. The second-order valence-corrected chi connectivity index (χ2v) is 6.95. The zero-order valence-electron chi connectivity index (χ0n) is 12.1. The van der Waals surface area contributed by atoms with E-state index in [1.807, 2.05) is 6.07 Å². The molecule has 2 nitrogen and oxygen atoms in total. The van der Waals surface area contributed by atoms with Crippen LogP contribution in [0, 0.1) is 5.82 Å². The van der Waals surface area contributed by atoms with Crippen LogP contribution in [0.3, 0.4) is 0 Å². The van der Waals surface area contributed by atoms with Gasteiger partial charge in [0.15, 0.2) is 0 Å². The summed E-state index contributed by atoms with van der Waals surface area (Å²) in [5.41, 5.74) is 2.69. The van der Waals surface area contributed by atoms with Crippen LogP contribution in [0.15, 0.2) is 18.2 Å². The fourth-order valence-corrected chi connectivity index (χ4v) is 3.57. The average molecular weight is 262 g/mol. The van der Waals surface area contributed by atoms with E-state index in [1.54, 1.807) is 12.1 Å². The number of fused-ring (bicyclic) bond motifs is 2. The predicted octanol–water partition coefficient (Wildman–Crippen LogP) is 3.07. The number of benzene rings is 1. The number of hydrogen-bond donors (Lipinski definition) is 1. The summed E-state index contributed by atoms with van der Waals surface area (Å²) >= 11 is 0. The lowest BCUT2D eigenvalue weighted by atomic mass is 9.75. The van der Waals surface area contributed by atoms with Gasteiger partial charge in [0.2, 0.25) is 0 Å². The Balaban J connectivity index is 2.10. The molecular formula is C16H23FN2. The van der Waals surface area contributed by atoms with Gasteiger partial charge in [0, 0.05) is 23.2 Å². The zero-order chi connectivity index (χ0) is 13.7. The molecule has 1 spiro atoms. The van der Waals surface area contributed by atoms with E-state index in [2.05, 4.69) is 31.0 Å². The third kappa shape index (κ3) is 2.04. The Morgan fingerprint density at radius 1 is 1.21 bits per heavy atom. The quantitative estimate of drug-likeness (QED) is 0.773. The number of rotatable bonds is 0. The molecule has 0 saturated carbocycles. The molecule has 1 aromatic carbocycles. The van der Waals surface area contributed by atoms with Gasteiger partial charge in [-0.15, -0.1) is 0 Å². The minimum absolute atomic E-state index is 0.0843. The molecule has 0 atom stereocenters. The number of hydrogen-bond acceptors (Lipinski definition) is 2. The molecule has 1 saturated heterocycles. The fraction of sp³-hybridized carbons (Fsp3) is 0.625. The molecule has 19 heavy (non-hydrogen) atoms. The Morgan fingerprint density at radius 3 is 2.53 bits per heavy atom. The third-order valence-electron chi connectivity index (χ3n) is 4.65. The van der Waals surface area contributed by atoms with E-state index < -0.39 is 0 Å². The van der Waals surface area contributed by atoms with Gasteiger partial charge in [0.1, 0.15) is 5.82 Å². The Labute approximate surface area is 115 Å². The Bertz CT molecular complexity index is 484. The highest BCUT2D eigenvalue weighted by Crippen LogP contribution is 2.48. The van der Waals surface area contributed by atoms with E-state index in [9.17, 15) is 4.39 Å². The van der Waals surface area contributed by atoms with Crippen molar-refractivity contribution < 1.29 is 4.39 Å². The predicted molar refractivity (Wildman–Crippen MR) is 77.3 cm³/mol. The van der Waals surface area contributed by atoms with Gasteiger partial charge in [-0.25, -0.2) is 4.39 Å². The first-order chi connectivity index (χ1) is 8.92. The van der Waals surface area contributed by atoms with Crippen LogP contribution in [-0.4, -0.2) is 25.2 Å². The molecule has 1 fully saturated rings. The van der Waals surface area contributed by atoms with E-state index in [0.29, 0.717) is 0 Å². The Morgan fingerprint density at radius 2 is 1.89 bits per heavy atom. The Hall–Kier alpha value is -1.09. The lowest BCUT2D eigenvalue weighted by Gasteiger charge is -2.39. The van der Waals surface area contributed by atoms with Crippen LogP contribution < -0.4 is 10.2 Å². The first kappa shape index (κ1) is 12.9. The molecule has 2 aliphatic heterocycles. The summed E-state index contributed by atoms with van der Waals surface area (Å²) in [5.74, 6) is -0.104. The summed E-state index contributed by atoms with van der Waals surface area (Å²) in [6.07, 6.45) is 2.21. The molecular weight excluding hydrogens is 239 g/mol. The van der Waals surface area contributed by atoms with Gasteiger partial charge in [0.25, 0.3) is 0 Å². The van der Waals surface area contributed by atoms with Gasteiger partial charge in [-0.3, -0.25) is 0 Å². The van der Waals surface area contributed by atoms with Gasteiger partial charge < -0.3 is 10.2 Å². The molecule has 2 heterocycles. The number of piperidine rings is 1. The van der Waals surface area contributed by atoms with E-state index in [0.717, 1.165) is 32.5 Å². The lowest BCUT2D eigenvalue weighted by Crippen LogP contribution is -2.47.